The lowest BCUT2D eigenvalue weighted by molar-refractivity contribution is -0.146. The van der Waals surface area contributed by atoms with Crippen LogP contribution in [0.15, 0.2) is 12.2 Å². The molecule has 1 unspecified atom stereocenters. The van der Waals surface area contributed by atoms with E-state index in [4.69, 9.17) is 0 Å². The number of ether oxygens (including phenoxy) is 1. The third-order valence-corrected chi connectivity index (χ3v) is 1.81. The van der Waals surface area contributed by atoms with Gasteiger partial charge < -0.3 is 4.74 Å². The number of hydrogen-bond acceptors (Lipinski definition) is 2. The summed E-state index contributed by atoms with van der Waals surface area (Å²) in [4.78, 5) is 10.9. The van der Waals surface area contributed by atoms with Crippen molar-refractivity contribution in [1.82, 2.24) is 0 Å². The normalized spacial score (nSPS) is 30.0. The number of esters is 1. The lowest BCUT2D eigenvalue weighted by Gasteiger charge is -2.17. The molecule has 0 N–H and O–H groups in total. The van der Waals surface area contributed by atoms with E-state index in [2.05, 4.69) is 4.74 Å². The van der Waals surface area contributed by atoms with E-state index in [1.54, 1.807) is 6.08 Å². The molecule has 11 heavy (non-hydrogen) atoms. The summed E-state index contributed by atoms with van der Waals surface area (Å²) in [6.45, 7) is 0. The molecule has 0 aromatic heterocycles. The molecule has 2 atom stereocenters. The standard InChI is InChI=1S/C8H11FO2/c1-11-8(10)6-3-2-4-7(9)5-6/h2,4,6-7H,3,5H2,1H3/t6-,7?/m1/s1. The zero-order chi connectivity index (χ0) is 8.27. The van der Waals surface area contributed by atoms with Gasteiger partial charge in [0, 0.05) is 0 Å². The van der Waals surface area contributed by atoms with E-state index in [9.17, 15) is 9.18 Å². The van der Waals surface area contributed by atoms with Crippen LogP contribution in [0.1, 0.15) is 12.8 Å². The predicted octanol–water partition coefficient (Wildman–Crippen LogP) is 1.46. The fraction of sp³-hybridized carbons (Fsp3) is 0.625. The summed E-state index contributed by atoms with van der Waals surface area (Å²) in [5.74, 6) is -0.586. The molecule has 0 amide bonds. The van der Waals surface area contributed by atoms with E-state index in [-0.39, 0.29) is 18.3 Å². The number of alkyl halides is 1. The van der Waals surface area contributed by atoms with Crippen LogP contribution in [0.5, 0.6) is 0 Å². The quantitative estimate of drug-likeness (QED) is 0.426. The summed E-state index contributed by atoms with van der Waals surface area (Å²) >= 11 is 0. The van der Waals surface area contributed by atoms with Gasteiger partial charge in [-0.2, -0.15) is 0 Å². The second-order valence-electron chi connectivity index (χ2n) is 2.64. The number of rotatable bonds is 1. The first-order valence-corrected chi connectivity index (χ1v) is 3.62. The molecule has 62 valence electrons. The molecule has 0 saturated heterocycles. The third-order valence-electron chi connectivity index (χ3n) is 1.81. The van der Waals surface area contributed by atoms with Gasteiger partial charge in [-0.25, -0.2) is 4.39 Å². The van der Waals surface area contributed by atoms with E-state index in [1.807, 2.05) is 0 Å². The van der Waals surface area contributed by atoms with Crippen LogP contribution >= 0.6 is 0 Å². The van der Waals surface area contributed by atoms with E-state index in [0.717, 1.165) is 0 Å². The van der Waals surface area contributed by atoms with Gasteiger partial charge in [-0.05, 0) is 12.8 Å². The van der Waals surface area contributed by atoms with Gasteiger partial charge in [0.05, 0.1) is 13.0 Å². The summed E-state index contributed by atoms with van der Waals surface area (Å²) in [7, 11) is 1.33. The van der Waals surface area contributed by atoms with Crippen LogP contribution in [-0.4, -0.2) is 19.3 Å². The van der Waals surface area contributed by atoms with Gasteiger partial charge in [-0.15, -0.1) is 0 Å². The van der Waals surface area contributed by atoms with Gasteiger partial charge in [0.15, 0.2) is 0 Å². The lowest BCUT2D eigenvalue weighted by Crippen LogP contribution is -2.21. The fourth-order valence-electron chi connectivity index (χ4n) is 1.20. The maximum Gasteiger partial charge on any atom is 0.309 e. The van der Waals surface area contributed by atoms with Crippen LogP contribution in [0, 0.1) is 5.92 Å². The van der Waals surface area contributed by atoms with Crippen molar-refractivity contribution in [2.45, 2.75) is 19.0 Å². The number of allylic oxidation sites excluding steroid dienone is 2. The molecule has 2 nitrogen and oxygen atoms in total. The van der Waals surface area contributed by atoms with Crippen LogP contribution in [0.4, 0.5) is 4.39 Å². The molecule has 0 aliphatic heterocycles. The Morgan fingerprint density at radius 3 is 3.00 bits per heavy atom. The number of carbonyl (C=O) groups is 1. The summed E-state index contributed by atoms with van der Waals surface area (Å²) < 4.78 is 17.1. The Labute approximate surface area is 65.0 Å². The van der Waals surface area contributed by atoms with E-state index in [1.165, 1.54) is 13.2 Å². The highest BCUT2D eigenvalue weighted by Gasteiger charge is 2.24. The molecular formula is C8H11FO2. The van der Waals surface area contributed by atoms with Gasteiger partial charge >= 0.3 is 5.97 Å². The minimum Gasteiger partial charge on any atom is -0.469 e. The van der Waals surface area contributed by atoms with Crippen molar-refractivity contribution >= 4 is 5.97 Å². The first-order valence-electron chi connectivity index (χ1n) is 3.62. The molecular weight excluding hydrogens is 147 g/mol. The molecule has 1 aliphatic rings. The highest BCUT2D eigenvalue weighted by Crippen LogP contribution is 2.21. The summed E-state index contributed by atoms with van der Waals surface area (Å²) in [5, 5.41) is 0. The van der Waals surface area contributed by atoms with E-state index < -0.39 is 6.17 Å². The van der Waals surface area contributed by atoms with Gasteiger partial charge in [-0.3, -0.25) is 4.79 Å². The topological polar surface area (TPSA) is 26.3 Å². The fourth-order valence-corrected chi connectivity index (χ4v) is 1.20. The summed E-state index contributed by atoms with van der Waals surface area (Å²) in [5.41, 5.74) is 0. The molecule has 0 aromatic carbocycles. The second-order valence-corrected chi connectivity index (χ2v) is 2.64. The first-order chi connectivity index (χ1) is 5.24. The monoisotopic (exact) mass is 158 g/mol. The summed E-state index contributed by atoms with van der Waals surface area (Å²) in [6, 6.07) is 0. The maximum absolute atomic E-state index is 12.6. The number of hydrogen-bond donors (Lipinski definition) is 0. The Morgan fingerprint density at radius 1 is 1.73 bits per heavy atom. The highest BCUT2D eigenvalue weighted by atomic mass is 19.1. The number of halogens is 1. The molecule has 0 spiro atoms. The Morgan fingerprint density at radius 2 is 2.45 bits per heavy atom. The Bertz CT molecular complexity index is 177. The van der Waals surface area contributed by atoms with Crippen LogP contribution in [0.2, 0.25) is 0 Å². The molecule has 0 heterocycles. The van der Waals surface area contributed by atoms with E-state index >= 15 is 0 Å². The number of carbonyl (C=O) groups excluding carboxylic acids is 1. The van der Waals surface area contributed by atoms with Crippen LogP contribution in [-0.2, 0) is 9.53 Å². The first kappa shape index (κ1) is 8.24. The van der Waals surface area contributed by atoms with Crippen LogP contribution in [0.3, 0.4) is 0 Å². The van der Waals surface area contributed by atoms with Crippen molar-refractivity contribution in [3.05, 3.63) is 12.2 Å². The predicted molar refractivity (Wildman–Crippen MR) is 38.8 cm³/mol. The van der Waals surface area contributed by atoms with Crippen molar-refractivity contribution in [3.63, 3.8) is 0 Å². The van der Waals surface area contributed by atoms with Gasteiger partial charge in [0.1, 0.15) is 6.17 Å². The van der Waals surface area contributed by atoms with Crippen molar-refractivity contribution in [2.24, 2.45) is 5.92 Å². The third kappa shape index (κ3) is 2.03. The second kappa shape index (κ2) is 3.51. The van der Waals surface area contributed by atoms with Crippen molar-refractivity contribution in [2.75, 3.05) is 7.11 Å². The average Bonchev–Trinajstić information content (AvgIpc) is 2.03. The minimum atomic E-state index is -0.979. The molecule has 0 radical (unpaired) electrons. The Kier molecular flexibility index (Phi) is 2.63. The van der Waals surface area contributed by atoms with Gasteiger partial charge in [0.25, 0.3) is 0 Å². The Hall–Kier alpha value is -0.860. The SMILES string of the molecule is COC(=O)[C@@H]1CC=CC(F)C1. The Balaban J connectivity index is 2.49. The molecule has 1 aliphatic carbocycles. The van der Waals surface area contributed by atoms with Gasteiger partial charge in [-0.1, -0.05) is 12.2 Å². The zero-order valence-corrected chi connectivity index (χ0v) is 6.42. The molecule has 1 rings (SSSR count). The summed E-state index contributed by atoms with van der Waals surface area (Å²) in [6.07, 6.45) is 3.07. The zero-order valence-electron chi connectivity index (χ0n) is 6.42. The minimum absolute atomic E-state index is 0.267. The molecule has 3 heteroatoms. The average molecular weight is 158 g/mol. The molecule has 0 aromatic rings. The van der Waals surface area contributed by atoms with Crippen molar-refractivity contribution in [3.8, 4) is 0 Å². The van der Waals surface area contributed by atoms with Crippen LogP contribution in [0.25, 0.3) is 0 Å². The number of methoxy groups -OCH3 is 1. The highest BCUT2D eigenvalue weighted by molar-refractivity contribution is 5.72. The smallest absolute Gasteiger partial charge is 0.309 e. The van der Waals surface area contributed by atoms with E-state index in [0.29, 0.717) is 6.42 Å². The van der Waals surface area contributed by atoms with Crippen molar-refractivity contribution in [1.29, 1.82) is 0 Å². The van der Waals surface area contributed by atoms with Crippen LogP contribution < -0.4 is 0 Å². The largest absolute Gasteiger partial charge is 0.469 e. The lowest BCUT2D eigenvalue weighted by atomic mass is 9.93. The molecule has 0 saturated carbocycles. The van der Waals surface area contributed by atoms with Gasteiger partial charge in [0.2, 0.25) is 0 Å². The van der Waals surface area contributed by atoms with Crippen molar-refractivity contribution < 1.29 is 13.9 Å². The molecule has 0 bridgehead atoms. The maximum atomic E-state index is 12.6. The molecule has 0 fully saturated rings.